The van der Waals surface area contributed by atoms with E-state index in [4.69, 9.17) is 4.74 Å². The summed E-state index contributed by atoms with van der Waals surface area (Å²) in [7, 11) is -2.21. The minimum absolute atomic E-state index is 0.208. The molecule has 3 aromatic rings. The van der Waals surface area contributed by atoms with Gasteiger partial charge in [0.25, 0.3) is 10.0 Å². The molecule has 1 fully saturated rings. The van der Waals surface area contributed by atoms with Crippen LogP contribution in [0.15, 0.2) is 71.6 Å². The van der Waals surface area contributed by atoms with E-state index in [-0.39, 0.29) is 6.04 Å². The molecule has 0 radical (unpaired) electrons. The predicted molar refractivity (Wildman–Crippen MR) is 136 cm³/mol. The number of rotatable bonds is 8. The van der Waals surface area contributed by atoms with Crippen LogP contribution < -0.4 is 9.04 Å². The van der Waals surface area contributed by atoms with Gasteiger partial charge in [0.05, 0.1) is 17.7 Å². The van der Waals surface area contributed by atoms with Crippen LogP contribution in [-0.2, 0) is 10.0 Å². The fourth-order valence-corrected chi connectivity index (χ4v) is 6.57. The number of nitrogens with zero attached hydrogens (tertiary/aromatic N) is 2. The van der Waals surface area contributed by atoms with Gasteiger partial charge >= 0.3 is 0 Å². The second-order valence-electron chi connectivity index (χ2n) is 9.14. The molecule has 6 heteroatoms. The zero-order valence-corrected chi connectivity index (χ0v) is 20.6. The number of hydrogen-bond donors (Lipinski definition) is 0. The fourth-order valence-electron chi connectivity index (χ4n) is 4.68. The standard InChI is InChI=1S/C27H34N2O3S/c1-21-14-17-28(18-15-21)19-16-22(2)29(24-10-7-11-25(20-24)32-3)33(30,31)27-13-6-9-23-8-4-5-12-26(23)27/h4-13,20-22H,14-19H2,1-3H3. The van der Waals surface area contributed by atoms with Crippen molar-refractivity contribution in [1.82, 2.24) is 4.90 Å². The molecule has 5 nitrogen and oxygen atoms in total. The minimum atomic E-state index is -3.81. The first-order valence-corrected chi connectivity index (χ1v) is 13.2. The smallest absolute Gasteiger partial charge is 0.265 e. The van der Waals surface area contributed by atoms with E-state index in [1.165, 1.54) is 12.8 Å². The highest BCUT2D eigenvalue weighted by atomic mass is 32.2. The number of anilines is 1. The summed E-state index contributed by atoms with van der Waals surface area (Å²) in [6, 6.07) is 20.3. The number of likely N-dealkylation sites (tertiary alicyclic amines) is 1. The Morgan fingerprint density at radius 2 is 1.73 bits per heavy atom. The first-order valence-electron chi connectivity index (χ1n) is 11.8. The summed E-state index contributed by atoms with van der Waals surface area (Å²) < 4.78 is 35.3. The maximum Gasteiger partial charge on any atom is 0.265 e. The Morgan fingerprint density at radius 3 is 2.48 bits per heavy atom. The fraction of sp³-hybridized carbons (Fsp3) is 0.407. The Kier molecular flexibility index (Phi) is 7.25. The van der Waals surface area contributed by atoms with Gasteiger partial charge in [0, 0.05) is 24.0 Å². The van der Waals surface area contributed by atoms with Crippen molar-refractivity contribution >= 4 is 26.5 Å². The van der Waals surface area contributed by atoms with Crippen LogP contribution in [0.4, 0.5) is 5.69 Å². The van der Waals surface area contributed by atoms with E-state index < -0.39 is 10.0 Å². The van der Waals surface area contributed by atoms with Gasteiger partial charge in [-0.05, 0) is 68.8 Å². The number of methoxy groups -OCH3 is 1. The maximum atomic E-state index is 14.2. The lowest BCUT2D eigenvalue weighted by Gasteiger charge is -2.34. The molecule has 1 saturated heterocycles. The van der Waals surface area contributed by atoms with Crippen molar-refractivity contribution in [2.45, 2.75) is 44.0 Å². The number of benzene rings is 3. The average Bonchev–Trinajstić information content (AvgIpc) is 2.83. The zero-order valence-electron chi connectivity index (χ0n) is 19.8. The minimum Gasteiger partial charge on any atom is -0.497 e. The van der Waals surface area contributed by atoms with E-state index >= 15 is 0 Å². The van der Waals surface area contributed by atoms with Gasteiger partial charge in [-0.3, -0.25) is 4.31 Å². The molecule has 1 aliphatic rings. The highest BCUT2D eigenvalue weighted by Crippen LogP contribution is 2.33. The lowest BCUT2D eigenvalue weighted by molar-refractivity contribution is 0.188. The van der Waals surface area contributed by atoms with Crippen molar-refractivity contribution in [3.8, 4) is 5.75 Å². The summed E-state index contributed by atoms with van der Waals surface area (Å²) >= 11 is 0. The first kappa shape index (κ1) is 23.6. The van der Waals surface area contributed by atoms with Crippen LogP contribution in [0, 0.1) is 5.92 Å². The number of sulfonamides is 1. The van der Waals surface area contributed by atoms with Crippen LogP contribution in [0.25, 0.3) is 10.8 Å². The SMILES string of the molecule is COc1cccc(N(C(C)CCN2CCC(C)CC2)S(=O)(=O)c2cccc3ccccc23)c1. The summed E-state index contributed by atoms with van der Waals surface area (Å²) in [5.41, 5.74) is 0.627. The zero-order chi connectivity index (χ0) is 23.4. The molecule has 1 unspecified atom stereocenters. The molecule has 0 aromatic heterocycles. The lowest BCUT2D eigenvalue weighted by atomic mass is 9.99. The molecule has 0 amide bonds. The van der Waals surface area contributed by atoms with E-state index in [2.05, 4.69) is 11.8 Å². The van der Waals surface area contributed by atoms with Crippen molar-refractivity contribution in [3.05, 3.63) is 66.7 Å². The predicted octanol–water partition coefficient (Wildman–Crippen LogP) is 5.55. The molecule has 1 heterocycles. The van der Waals surface area contributed by atoms with Gasteiger partial charge in [-0.15, -0.1) is 0 Å². The van der Waals surface area contributed by atoms with Gasteiger partial charge in [-0.25, -0.2) is 8.42 Å². The first-order chi connectivity index (χ1) is 15.9. The third-order valence-electron chi connectivity index (χ3n) is 6.73. The van der Waals surface area contributed by atoms with Gasteiger partial charge in [0.1, 0.15) is 5.75 Å². The van der Waals surface area contributed by atoms with Gasteiger partial charge in [-0.2, -0.15) is 0 Å². The number of ether oxygens (including phenoxy) is 1. The Labute approximate surface area is 198 Å². The van der Waals surface area contributed by atoms with E-state index in [1.807, 2.05) is 67.6 Å². The number of hydrogen-bond acceptors (Lipinski definition) is 4. The van der Waals surface area contributed by atoms with Crippen LogP contribution in [0.1, 0.15) is 33.1 Å². The van der Waals surface area contributed by atoms with Crippen molar-refractivity contribution in [1.29, 1.82) is 0 Å². The van der Waals surface area contributed by atoms with Crippen LogP contribution in [0.2, 0.25) is 0 Å². The van der Waals surface area contributed by atoms with Crippen LogP contribution in [0.3, 0.4) is 0 Å². The summed E-state index contributed by atoms with van der Waals surface area (Å²) in [4.78, 5) is 2.80. The molecule has 0 N–H and O–H groups in total. The Balaban J connectivity index is 1.70. The van der Waals surface area contributed by atoms with Gasteiger partial charge in [-0.1, -0.05) is 49.4 Å². The van der Waals surface area contributed by atoms with Crippen LogP contribution in [0.5, 0.6) is 5.75 Å². The van der Waals surface area contributed by atoms with Gasteiger partial charge in [0.2, 0.25) is 0 Å². The normalized spacial score (nSPS) is 16.6. The van der Waals surface area contributed by atoms with Crippen molar-refractivity contribution in [2.75, 3.05) is 31.0 Å². The Morgan fingerprint density at radius 1 is 1.03 bits per heavy atom. The highest BCUT2D eigenvalue weighted by Gasteiger charge is 2.31. The topological polar surface area (TPSA) is 49.9 Å². The van der Waals surface area contributed by atoms with Crippen molar-refractivity contribution < 1.29 is 13.2 Å². The monoisotopic (exact) mass is 466 g/mol. The highest BCUT2D eigenvalue weighted by molar-refractivity contribution is 7.93. The van der Waals surface area contributed by atoms with E-state index in [0.29, 0.717) is 16.3 Å². The molecule has 0 aliphatic carbocycles. The Bertz CT molecular complexity index is 1180. The van der Waals surface area contributed by atoms with Gasteiger partial charge < -0.3 is 9.64 Å². The maximum absolute atomic E-state index is 14.2. The second-order valence-corrected chi connectivity index (χ2v) is 10.9. The number of fused-ring (bicyclic) bond motifs is 1. The summed E-state index contributed by atoms with van der Waals surface area (Å²) in [5, 5.41) is 1.66. The quantitative estimate of drug-likeness (QED) is 0.436. The molecule has 0 saturated carbocycles. The molecular formula is C27H34N2O3S. The van der Waals surface area contributed by atoms with Crippen molar-refractivity contribution in [3.63, 3.8) is 0 Å². The molecule has 33 heavy (non-hydrogen) atoms. The van der Waals surface area contributed by atoms with Crippen LogP contribution >= 0.6 is 0 Å². The van der Waals surface area contributed by atoms with E-state index in [0.717, 1.165) is 42.7 Å². The van der Waals surface area contributed by atoms with Crippen molar-refractivity contribution in [2.24, 2.45) is 5.92 Å². The molecule has 1 atom stereocenters. The number of piperidine rings is 1. The summed E-state index contributed by atoms with van der Waals surface area (Å²) in [5.74, 6) is 1.42. The van der Waals surface area contributed by atoms with E-state index in [1.54, 1.807) is 17.5 Å². The average molecular weight is 467 g/mol. The van der Waals surface area contributed by atoms with Gasteiger partial charge in [0.15, 0.2) is 0 Å². The third kappa shape index (κ3) is 5.17. The molecule has 0 spiro atoms. The van der Waals surface area contributed by atoms with Crippen LogP contribution in [-0.4, -0.2) is 46.1 Å². The Hall–Kier alpha value is -2.57. The molecular weight excluding hydrogens is 432 g/mol. The molecule has 3 aromatic carbocycles. The third-order valence-corrected chi connectivity index (χ3v) is 8.73. The van der Waals surface area contributed by atoms with E-state index in [9.17, 15) is 8.42 Å². The molecule has 4 rings (SSSR count). The molecule has 0 bridgehead atoms. The summed E-state index contributed by atoms with van der Waals surface area (Å²) in [6.45, 7) is 7.38. The molecule has 176 valence electrons. The molecule has 1 aliphatic heterocycles. The second kappa shape index (κ2) is 10.1. The summed E-state index contributed by atoms with van der Waals surface area (Å²) in [6.07, 6.45) is 3.18. The largest absolute Gasteiger partial charge is 0.497 e. The lowest BCUT2D eigenvalue weighted by Crippen LogP contribution is -2.42.